The first-order chi connectivity index (χ1) is 18.1. The summed E-state index contributed by atoms with van der Waals surface area (Å²) in [6.45, 7) is 7.40. The number of ether oxygens (including phenoxy) is 2. The summed E-state index contributed by atoms with van der Waals surface area (Å²) < 4.78 is 77.7. The van der Waals surface area contributed by atoms with Crippen molar-refractivity contribution in [2.75, 3.05) is 19.7 Å². The highest BCUT2D eigenvalue weighted by atomic mass is 19.4. The molecule has 2 aromatic rings. The molecule has 218 valence electrons. The van der Waals surface area contributed by atoms with Crippen molar-refractivity contribution in [3.63, 3.8) is 0 Å². The van der Waals surface area contributed by atoms with Crippen LogP contribution in [0, 0.1) is 0 Å². The average molecular weight is 570 g/mol. The maximum atomic E-state index is 10.6. The standard InChI is InChI=1S/C19H26N4O2.2C2HF3O2/c1-2-23-12-17(10-21-23)11-22-14-19(15-22)9-18(5-8-25-19)24-13-16-3-6-20-7-4-16;2*3-2(4,5)1(6)7/h3-4,6-7,10,12,18H,2,5,8-9,11,13-15H2,1H3;2*(H,6,7). The van der Waals surface area contributed by atoms with Crippen molar-refractivity contribution in [3.8, 4) is 0 Å². The zero-order valence-corrected chi connectivity index (χ0v) is 20.8. The fourth-order valence-electron chi connectivity index (χ4n) is 3.84. The molecular weight excluding hydrogens is 542 g/mol. The van der Waals surface area contributed by atoms with E-state index in [1.54, 1.807) is 0 Å². The summed E-state index contributed by atoms with van der Waals surface area (Å²) in [5.74, 6) is -5.51. The lowest BCUT2D eigenvalue weighted by atomic mass is 9.84. The first kappa shape index (κ1) is 32.0. The molecular formula is C23H28F6N4O6. The smallest absolute Gasteiger partial charge is 0.475 e. The second kappa shape index (κ2) is 13.7. The molecule has 4 rings (SSSR count). The molecule has 0 radical (unpaired) electrons. The molecule has 2 aromatic heterocycles. The van der Waals surface area contributed by atoms with E-state index < -0.39 is 24.3 Å². The fourth-order valence-corrected chi connectivity index (χ4v) is 3.84. The third-order valence-electron chi connectivity index (χ3n) is 5.61. The van der Waals surface area contributed by atoms with Gasteiger partial charge < -0.3 is 19.7 Å². The lowest BCUT2D eigenvalue weighted by Crippen LogP contribution is -2.65. The summed E-state index contributed by atoms with van der Waals surface area (Å²) in [4.78, 5) is 24.3. The predicted octanol–water partition coefficient (Wildman–Crippen LogP) is 3.51. The Kier molecular flexibility index (Phi) is 11.2. The van der Waals surface area contributed by atoms with E-state index in [0.29, 0.717) is 6.61 Å². The monoisotopic (exact) mass is 570 g/mol. The van der Waals surface area contributed by atoms with Crippen molar-refractivity contribution in [1.82, 2.24) is 19.7 Å². The Hall–Kier alpha value is -3.24. The number of aryl methyl sites for hydroxylation is 1. The zero-order chi connectivity index (χ0) is 29.3. The number of aliphatic carboxylic acids is 2. The van der Waals surface area contributed by atoms with Crippen LogP contribution >= 0.6 is 0 Å². The number of alkyl halides is 6. The van der Waals surface area contributed by atoms with Crippen LogP contribution in [0.25, 0.3) is 0 Å². The summed E-state index contributed by atoms with van der Waals surface area (Å²) in [5.41, 5.74) is 2.44. The molecule has 2 fully saturated rings. The van der Waals surface area contributed by atoms with Crippen molar-refractivity contribution < 1.29 is 55.6 Å². The quantitative estimate of drug-likeness (QED) is 0.502. The number of likely N-dealkylation sites (tertiary alicyclic amines) is 1. The van der Waals surface area contributed by atoms with Crippen molar-refractivity contribution in [2.24, 2.45) is 0 Å². The molecule has 0 aliphatic carbocycles. The average Bonchev–Trinajstić information content (AvgIpc) is 3.30. The van der Waals surface area contributed by atoms with Crippen molar-refractivity contribution in [3.05, 3.63) is 48.0 Å². The van der Waals surface area contributed by atoms with E-state index in [9.17, 15) is 26.3 Å². The van der Waals surface area contributed by atoms with E-state index in [1.165, 1.54) is 11.1 Å². The van der Waals surface area contributed by atoms with Crippen LogP contribution in [0.2, 0.25) is 0 Å². The molecule has 0 aromatic carbocycles. The van der Waals surface area contributed by atoms with E-state index in [0.717, 1.165) is 45.6 Å². The number of nitrogens with zero attached hydrogens (tertiary/aromatic N) is 4. The highest BCUT2D eigenvalue weighted by Crippen LogP contribution is 2.36. The Bertz CT molecular complexity index is 1030. The normalized spacial score (nSPS) is 18.7. The molecule has 4 heterocycles. The Labute approximate surface area is 219 Å². The van der Waals surface area contributed by atoms with E-state index in [2.05, 4.69) is 28.1 Å². The molecule has 1 unspecified atom stereocenters. The number of halogens is 6. The van der Waals surface area contributed by atoms with Gasteiger partial charge in [0.15, 0.2) is 0 Å². The van der Waals surface area contributed by atoms with Gasteiger partial charge >= 0.3 is 24.3 Å². The summed E-state index contributed by atoms with van der Waals surface area (Å²) in [5, 5.41) is 18.6. The molecule has 39 heavy (non-hydrogen) atoms. The molecule has 1 atom stereocenters. The van der Waals surface area contributed by atoms with Gasteiger partial charge in [-0.25, -0.2) is 9.59 Å². The summed E-state index contributed by atoms with van der Waals surface area (Å²) in [6, 6.07) is 4.02. The van der Waals surface area contributed by atoms with Crippen molar-refractivity contribution in [1.29, 1.82) is 0 Å². The predicted molar refractivity (Wildman–Crippen MR) is 121 cm³/mol. The molecule has 16 heteroatoms. The minimum Gasteiger partial charge on any atom is -0.475 e. The van der Waals surface area contributed by atoms with Gasteiger partial charge in [-0.3, -0.25) is 14.6 Å². The highest BCUT2D eigenvalue weighted by Gasteiger charge is 2.47. The van der Waals surface area contributed by atoms with Gasteiger partial charge in [-0.2, -0.15) is 31.4 Å². The minimum absolute atomic E-state index is 0.0120. The largest absolute Gasteiger partial charge is 0.490 e. The number of rotatable bonds is 6. The van der Waals surface area contributed by atoms with Gasteiger partial charge in [0.2, 0.25) is 0 Å². The number of hydrogen-bond acceptors (Lipinski definition) is 7. The highest BCUT2D eigenvalue weighted by molar-refractivity contribution is 5.73. The summed E-state index contributed by atoms with van der Waals surface area (Å²) >= 11 is 0. The number of pyridine rings is 1. The van der Waals surface area contributed by atoms with Gasteiger partial charge in [-0.15, -0.1) is 0 Å². The third kappa shape index (κ3) is 10.8. The molecule has 0 amide bonds. The number of carboxylic acid groups (broad SMARTS) is 2. The van der Waals surface area contributed by atoms with Gasteiger partial charge in [0, 0.05) is 63.4 Å². The molecule has 2 aliphatic heterocycles. The zero-order valence-electron chi connectivity index (χ0n) is 20.8. The van der Waals surface area contributed by atoms with Crippen LogP contribution in [-0.2, 0) is 38.8 Å². The van der Waals surface area contributed by atoms with Crippen molar-refractivity contribution in [2.45, 2.75) is 63.5 Å². The van der Waals surface area contributed by atoms with Crippen LogP contribution in [0.5, 0.6) is 0 Å². The minimum atomic E-state index is -5.08. The van der Waals surface area contributed by atoms with Crippen LogP contribution in [0.3, 0.4) is 0 Å². The fraction of sp³-hybridized carbons (Fsp3) is 0.565. The maximum Gasteiger partial charge on any atom is 0.490 e. The Morgan fingerprint density at radius 3 is 2.13 bits per heavy atom. The Balaban J connectivity index is 0.000000317. The van der Waals surface area contributed by atoms with Gasteiger partial charge in [-0.1, -0.05) is 0 Å². The molecule has 2 N–H and O–H groups in total. The molecule has 10 nitrogen and oxygen atoms in total. The number of hydrogen-bond donors (Lipinski definition) is 2. The molecule has 2 saturated heterocycles. The van der Waals surface area contributed by atoms with Gasteiger partial charge in [0.05, 0.1) is 24.5 Å². The molecule has 0 bridgehead atoms. The van der Waals surface area contributed by atoms with E-state index in [-0.39, 0.29) is 11.7 Å². The Morgan fingerprint density at radius 1 is 1.08 bits per heavy atom. The molecule has 2 aliphatic rings. The van der Waals surface area contributed by atoms with E-state index in [4.69, 9.17) is 29.3 Å². The maximum absolute atomic E-state index is 10.6. The number of aromatic nitrogens is 3. The van der Waals surface area contributed by atoms with Crippen LogP contribution < -0.4 is 0 Å². The first-order valence-corrected chi connectivity index (χ1v) is 11.6. The SMILES string of the molecule is CCn1cc(CN2CC3(CC(OCc4ccncc4)CCO3)C2)cn1.O=C(O)C(F)(F)F.O=C(O)C(F)(F)F. The molecule has 0 saturated carbocycles. The first-order valence-electron chi connectivity index (χ1n) is 11.6. The third-order valence-corrected chi connectivity index (χ3v) is 5.61. The van der Waals surface area contributed by atoms with Crippen LogP contribution in [0.4, 0.5) is 26.3 Å². The van der Waals surface area contributed by atoms with Gasteiger partial charge in [0.25, 0.3) is 0 Å². The van der Waals surface area contributed by atoms with Gasteiger partial charge in [0.1, 0.15) is 0 Å². The topological polar surface area (TPSA) is 127 Å². The van der Waals surface area contributed by atoms with E-state index >= 15 is 0 Å². The molecule has 1 spiro atoms. The van der Waals surface area contributed by atoms with Gasteiger partial charge in [-0.05, 0) is 31.0 Å². The lowest BCUT2D eigenvalue weighted by Gasteiger charge is -2.53. The number of carboxylic acids is 2. The van der Waals surface area contributed by atoms with Crippen molar-refractivity contribution >= 4 is 11.9 Å². The second-order valence-electron chi connectivity index (χ2n) is 8.77. The van der Waals surface area contributed by atoms with Crippen LogP contribution in [0.15, 0.2) is 36.9 Å². The second-order valence-corrected chi connectivity index (χ2v) is 8.77. The summed E-state index contributed by atoms with van der Waals surface area (Å²) in [7, 11) is 0. The van der Waals surface area contributed by atoms with E-state index in [1.807, 2.05) is 35.4 Å². The summed E-state index contributed by atoms with van der Waals surface area (Å²) in [6.07, 6.45) is -0.182. The van der Waals surface area contributed by atoms with Crippen LogP contribution in [0.1, 0.15) is 30.9 Å². The number of carbonyl (C=O) groups is 2. The lowest BCUT2D eigenvalue weighted by molar-refractivity contribution is -0.200. The van der Waals surface area contributed by atoms with Crippen LogP contribution in [-0.4, -0.2) is 85.6 Å². The Morgan fingerprint density at radius 2 is 1.64 bits per heavy atom.